The van der Waals surface area contributed by atoms with Gasteiger partial charge < -0.3 is 5.32 Å². The summed E-state index contributed by atoms with van der Waals surface area (Å²) in [5.41, 5.74) is 1.57. The largest absolute Gasteiger partial charge is 0.310 e. The van der Waals surface area contributed by atoms with E-state index in [2.05, 4.69) is 30.5 Å². The monoisotopic (exact) mass is 137 g/mol. The lowest BCUT2D eigenvalue weighted by atomic mass is 10.1. The highest BCUT2D eigenvalue weighted by molar-refractivity contribution is 5.11. The highest BCUT2D eigenvalue weighted by Crippen LogP contribution is 2.07. The lowest BCUT2D eigenvalue weighted by Crippen LogP contribution is -2.07. The fourth-order valence-corrected chi connectivity index (χ4v) is 1.15. The molecule has 56 valence electrons. The second-order valence-electron chi connectivity index (χ2n) is 2.60. The Morgan fingerprint density at radius 2 is 2.60 bits per heavy atom. The summed E-state index contributed by atoms with van der Waals surface area (Å²) in [6.45, 7) is 4.25. The van der Waals surface area contributed by atoms with Crippen molar-refractivity contribution < 1.29 is 0 Å². The third-order valence-corrected chi connectivity index (χ3v) is 1.75. The first-order chi connectivity index (χ1) is 4.93. The van der Waals surface area contributed by atoms with E-state index in [1.165, 1.54) is 12.8 Å². The van der Waals surface area contributed by atoms with Crippen LogP contribution < -0.4 is 5.32 Å². The Morgan fingerprint density at radius 1 is 1.70 bits per heavy atom. The van der Waals surface area contributed by atoms with Crippen LogP contribution in [0.25, 0.3) is 0 Å². The number of hydrogen-bond acceptors (Lipinski definition) is 1. The maximum Gasteiger partial charge on any atom is 0.0168 e. The number of rotatable bonds is 3. The van der Waals surface area contributed by atoms with Gasteiger partial charge in [-0.15, -0.1) is 0 Å². The van der Waals surface area contributed by atoms with Gasteiger partial charge in [0.05, 0.1) is 0 Å². The Balaban J connectivity index is 2.12. The summed E-state index contributed by atoms with van der Waals surface area (Å²) in [4.78, 5) is 0. The molecule has 0 spiro atoms. The normalized spacial score (nSPS) is 18.3. The van der Waals surface area contributed by atoms with Gasteiger partial charge >= 0.3 is 0 Å². The van der Waals surface area contributed by atoms with Crippen LogP contribution in [0.5, 0.6) is 0 Å². The average molecular weight is 137 g/mol. The van der Waals surface area contributed by atoms with Gasteiger partial charge in [0.25, 0.3) is 0 Å². The van der Waals surface area contributed by atoms with E-state index in [1.54, 1.807) is 5.57 Å². The molecule has 1 rings (SSSR count). The van der Waals surface area contributed by atoms with Crippen molar-refractivity contribution in [1.82, 2.24) is 5.32 Å². The minimum atomic E-state index is 1.07. The maximum absolute atomic E-state index is 3.28. The molecule has 0 aromatic rings. The summed E-state index contributed by atoms with van der Waals surface area (Å²) >= 11 is 0. The molecule has 0 unspecified atom stereocenters. The van der Waals surface area contributed by atoms with E-state index in [0.29, 0.717) is 0 Å². The molecule has 0 aromatic carbocycles. The molecular weight excluding hydrogens is 122 g/mol. The van der Waals surface area contributed by atoms with E-state index in [-0.39, 0.29) is 0 Å². The molecule has 0 saturated carbocycles. The van der Waals surface area contributed by atoms with E-state index in [4.69, 9.17) is 0 Å². The van der Waals surface area contributed by atoms with Crippen LogP contribution in [0.15, 0.2) is 23.8 Å². The highest BCUT2D eigenvalue weighted by atomic mass is 14.9. The first-order valence-corrected chi connectivity index (χ1v) is 3.93. The Hall–Kier alpha value is -0.560. The number of allylic oxidation sites excluding steroid dienone is 2. The Bertz CT molecular complexity index is 145. The Labute approximate surface area is 62.8 Å². The van der Waals surface area contributed by atoms with Gasteiger partial charge in [-0.25, -0.2) is 0 Å². The lowest BCUT2D eigenvalue weighted by molar-refractivity contribution is 0.840. The van der Waals surface area contributed by atoms with Crippen molar-refractivity contribution in [2.24, 2.45) is 0 Å². The molecular formula is C9H15N. The van der Waals surface area contributed by atoms with E-state index >= 15 is 0 Å². The Kier molecular flexibility index (Phi) is 3.23. The minimum absolute atomic E-state index is 1.07. The molecule has 1 nitrogen and oxygen atoms in total. The summed E-state index contributed by atoms with van der Waals surface area (Å²) in [5, 5.41) is 3.28. The predicted molar refractivity (Wildman–Crippen MR) is 45.0 cm³/mol. The van der Waals surface area contributed by atoms with Crippen molar-refractivity contribution >= 4 is 0 Å². The van der Waals surface area contributed by atoms with E-state index in [1.807, 2.05) is 0 Å². The van der Waals surface area contributed by atoms with Crippen LogP contribution in [-0.2, 0) is 0 Å². The first kappa shape index (κ1) is 7.55. The summed E-state index contributed by atoms with van der Waals surface area (Å²) in [5.74, 6) is 0. The lowest BCUT2D eigenvalue weighted by Gasteiger charge is -1.95. The zero-order chi connectivity index (χ0) is 7.23. The van der Waals surface area contributed by atoms with E-state index in [0.717, 1.165) is 13.1 Å². The van der Waals surface area contributed by atoms with E-state index < -0.39 is 0 Å². The van der Waals surface area contributed by atoms with Gasteiger partial charge in [0.2, 0.25) is 0 Å². The van der Waals surface area contributed by atoms with Crippen LogP contribution in [-0.4, -0.2) is 13.1 Å². The topological polar surface area (TPSA) is 12.0 Å². The molecule has 0 saturated heterocycles. The van der Waals surface area contributed by atoms with Gasteiger partial charge in [-0.3, -0.25) is 0 Å². The Morgan fingerprint density at radius 3 is 3.20 bits per heavy atom. The zero-order valence-corrected chi connectivity index (χ0v) is 6.56. The molecule has 1 N–H and O–H groups in total. The molecule has 0 bridgehead atoms. The zero-order valence-electron chi connectivity index (χ0n) is 6.56. The van der Waals surface area contributed by atoms with Crippen LogP contribution in [0, 0.1) is 0 Å². The second-order valence-corrected chi connectivity index (χ2v) is 2.60. The second kappa shape index (κ2) is 4.29. The van der Waals surface area contributed by atoms with Crippen LogP contribution >= 0.6 is 0 Å². The van der Waals surface area contributed by atoms with Crippen molar-refractivity contribution in [2.45, 2.75) is 19.8 Å². The van der Waals surface area contributed by atoms with Crippen molar-refractivity contribution in [2.75, 3.05) is 13.1 Å². The first-order valence-electron chi connectivity index (χ1n) is 3.93. The van der Waals surface area contributed by atoms with Crippen molar-refractivity contribution in [3.8, 4) is 0 Å². The van der Waals surface area contributed by atoms with Gasteiger partial charge in [0, 0.05) is 13.1 Å². The molecule has 0 radical (unpaired) electrons. The van der Waals surface area contributed by atoms with Gasteiger partial charge in [-0.1, -0.05) is 23.8 Å². The summed E-state index contributed by atoms with van der Waals surface area (Å²) in [6.07, 6.45) is 9.06. The summed E-state index contributed by atoms with van der Waals surface area (Å²) in [6, 6.07) is 0. The van der Waals surface area contributed by atoms with Gasteiger partial charge in [0.1, 0.15) is 0 Å². The summed E-state index contributed by atoms with van der Waals surface area (Å²) < 4.78 is 0. The molecule has 0 amide bonds. The predicted octanol–water partition coefficient (Wildman–Crippen LogP) is 1.87. The van der Waals surface area contributed by atoms with Crippen molar-refractivity contribution in [3.63, 3.8) is 0 Å². The minimum Gasteiger partial charge on any atom is -0.310 e. The molecule has 1 heterocycles. The average Bonchev–Trinajstić information content (AvgIpc) is 2.41. The van der Waals surface area contributed by atoms with Crippen LogP contribution in [0.3, 0.4) is 0 Å². The summed E-state index contributed by atoms with van der Waals surface area (Å²) in [7, 11) is 0. The SMILES string of the molecule is C/C=C\CCC1=CCNC1. The molecule has 0 atom stereocenters. The fourth-order valence-electron chi connectivity index (χ4n) is 1.15. The van der Waals surface area contributed by atoms with Gasteiger partial charge in [-0.2, -0.15) is 0 Å². The fraction of sp³-hybridized carbons (Fsp3) is 0.556. The highest BCUT2D eigenvalue weighted by Gasteiger charge is 2.00. The number of nitrogens with one attached hydrogen (secondary N) is 1. The van der Waals surface area contributed by atoms with Crippen LogP contribution in [0.1, 0.15) is 19.8 Å². The third-order valence-electron chi connectivity index (χ3n) is 1.75. The van der Waals surface area contributed by atoms with Gasteiger partial charge in [-0.05, 0) is 19.8 Å². The quantitative estimate of drug-likeness (QED) is 0.585. The molecule has 10 heavy (non-hydrogen) atoms. The standard InChI is InChI=1S/C9H15N/c1-2-3-4-5-9-6-7-10-8-9/h2-3,6,10H,4-5,7-8H2,1H3/b3-2-. The molecule has 1 aliphatic rings. The van der Waals surface area contributed by atoms with Crippen LogP contribution in [0.2, 0.25) is 0 Å². The van der Waals surface area contributed by atoms with E-state index in [9.17, 15) is 0 Å². The molecule has 1 aliphatic heterocycles. The maximum atomic E-state index is 3.28. The van der Waals surface area contributed by atoms with Crippen molar-refractivity contribution in [1.29, 1.82) is 0 Å². The number of hydrogen-bond donors (Lipinski definition) is 1. The molecule has 1 heteroatoms. The van der Waals surface area contributed by atoms with Gasteiger partial charge in [0.15, 0.2) is 0 Å². The van der Waals surface area contributed by atoms with Crippen LogP contribution in [0.4, 0.5) is 0 Å². The smallest absolute Gasteiger partial charge is 0.0168 e. The molecule has 0 fully saturated rings. The molecule has 0 aromatic heterocycles. The third kappa shape index (κ3) is 2.36. The molecule has 0 aliphatic carbocycles. The van der Waals surface area contributed by atoms with Crippen molar-refractivity contribution in [3.05, 3.63) is 23.8 Å².